The maximum absolute atomic E-state index is 9.82. The summed E-state index contributed by atoms with van der Waals surface area (Å²) >= 11 is 0. The number of nitrogens with zero attached hydrogens (tertiary/aromatic N) is 1. The minimum atomic E-state index is -1.47. The molecule has 0 radical (unpaired) electrons. The van der Waals surface area contributed by atoms with Crippen LogP contribution >= 0.6 is 0 Å². The first-order valence-electron chi connectivity index (χ1n) is 4.09. The molecule has 0 saturated heterocycles. The van der Waals surface area contributed by atoms with Crippen LogP contribution < -0.4 is 0 Å². The van der Waals surface area contributed by atoms with Crippen LogP contribution in [0.3, 0.4) is 0 Å². The molecule has 0 spiro atoms. The molecule has 1 unspecified atom stereocenters. The van der Waals surface area contributed by atoms with E-state index in [1.54, 1.807) is 6.21 Å². The normalized spacial score (nSPS) is 24.8. The van der Waals surface area contributed by atoms with Crippen molar-refractivity contribution in [1.82, 2.24) is 0 Å². The lowest BCUT2D eigenvalue weighted by Crippen LogP contribution is -2.22. The van der Waals surface area contributed by atoms with Crippen molar-refractivity contribution in [2.75, 3.05) is 7.11 Å². The van der Waals surface area contributed by atoms with Gasteiger partial charge in [0.25, 0.3) is 5.91 Å². The van der Waals surface area contributed by atoms with E-state index >= 15 is 0 Å². The Bertz CT molecular complexity index is 373. The van der Waals surface area contributed by atoms with Gasteiger partial charge in [-0.25, -0.2) is 4.99 Å². The van der Waals surface area contributed by atoms with Crippen LogP contribution in [-0.4, -0.2) is 18.4 Å². The van der Waals surface area contributed by atoms with Gasteiger partial charge in [0, 0.05) is 24.5 Å². The molecule has 1 aromatic rings. The molecule has 13 heavy (non-hydrogen) atoms. The topological polar surface area (TPSA) is 41.8 Å². The van der Waals surface area contributed by atoms with Gasteiger partial charge in [0.1, 0.15) is 0 Å². The van der Waals surface area contributed by atoms with Crippen molar-refractivity contribution in [2.24, 2.45) is 4.99 Å². The Morgan fingerprint density at radius 3 is 2.92 bits per heavy atom. The fourth-order valence-electron chi connectivity index (χ4n) is 1.47. The number of benzene rings is 1. The Hall–Kier alpha value is -1.19. The summed E-state index contributed by atoms with van der Waals surface area (Å²) in [7, 11) is 1.44. The zero-order valence-corrected chi connectivity index (χ0v) is 7.61. The van der Waals surface area contributed by atoms with E-state index in [9.17, 15) is 5.11 Å². The number of fused-ring (bicyclic) bond motifs is 1. The molecule has 3 nitrogen and oxygen atoms in total. The standard InChI is InChI=1S/C10H11NO2/c1-7-3-4-9-8(5-7)6-11-10(9,12)13-2/h3-6,12H,1-2H3. The number of hydrogen-bond donors (Lipinski definition) is 1. The summed E-state index contributed by atoms with van der Waals surface area (Å²) in [5.41, 5.74) is 2.77. The van der Waals surface area contributed by atoms with Crippen LogP contribution in [0.25, 0.3) is 0 Å². The van der Waals surface area contributed by atoms with Crippen molar-refractivity contribution < 1.29 is 9.84 Å². The average Bonchev–Trinajstić information content (AvgIpc) is 2.45. The predicted molar refractivity (Wildman–Crippen MR) is 49.7 cm³/mol. The molecule has 0 amide bonds. The van der Waals surface area contributed by atoms with Crippen molar-refractivity contribution in [3.63, 3.8) is 0 Å². The largest absolute Gasteiger partial charge is 0.344 e. The highest BCUT2D eigenvalue weighted by Crippen LogP contribution is 2.31. The molecule has 1 aromatic carbocycles. The summed E-state index contributed by atoms with van der Waals surface area (Å²) in [5.74, 6) is -1.47. The fraction of sp³-hybridized carbons (Fsp3) is 0.300. The van der Waals surface area contributed by atoms with Crippen LogP contribution in [0.1, 0.15) is 16.7 Å². The number of methoxy groups -OCH3 is 1. The third-order valence-corrected chi connectivity index (χ3v) is 2.22. The molecule has 1 aliphatic rings. The van der Waals surface area contributed by atoms with Gasteiger partial charge in [-0.1, -0.05) is 17.7 Å². The minimum Gasteiger partial charge on any atom is -0.344 e. The Balaban J connectivity index is 2.55. The Morgan fingerprint density at radius 1 is 1.46 bits per heavy atom. The van der Waals surface area contributed by atoms with Crippen LogP contribution in [0.15, 0.2) is 23.2 Å². The SMILES string of the molecule is COC1(O)N=Cc2cc(C)ccc21. The monoisotopic (exact) mass is 177 g/mol. The third kappa shape index (κ3) is 1.17. The summed E-state index contributed by atoms with van der Waals surface area (Å²) in [5, 5.41) is 9.82. The molecule has 1 N–H and O–H groups in total. The van der Waals surface area contributed by atoms with Gasteiger partial charge in [-0.3, -0.25) is 0 Å². The van der Waals surface area contributed by atoms with Gasteiger partial charge in [0.2, 0.25) is 0 Å². The van der Waals surface area contributed by atoms with E-state index in [4.69, 9.17) is 4.74 Å². The van der Waals surface area contributed by atoms with Crippen molar-refractivity contribution >= 4 is 6.21 Å². The van der Waals surface area contributed by atoms with Gasteiger partial charge >= 0.3 is 0 Å². The second-order valence-electron chi connectivity index (χ2n) is 3.16. The van der Waals surface area contributed by atoms with Gasteiger partial charge in [0.05, 0.1) is 0 Å². The van der Waals surface area contributed by atoms with E-state index in [1.807, 2.05) is 25.1 Å². The Labute approximate surface area is 76.7 Å². The van der Waals surface area contributed by atoms with Gasteiger partial charge in [-0.05, 0) is 13.0 Å². The molecule has 1 atom stereocenters. The van der Waals surface area contributed by atoms with Crippen LogP contribution in [0.4, 0.5) is 0 Å². The molecule has 1 aliphatic heterocycles. The van der Waals surface area contributed by atoms with Crippen LogP contribution in [0, 0.1) is 6.92 Å². The summed E-state index contributed by atoms with van der Waals surface area (Å²) in [6, 6.07) is 5.73. The highest BCUT2D eigenvalue weighted by molar-refractivity contribution is 5.85. The third-order valence-electron chi connectivity index (χ3n) is 2.22. The summed E-state index contributed by atoms with van der Waals surface area (Å²) in [6.07, 6.45) is 1.63. The van der Waals surface area contributed by atoms with Gasteiger partial charge in [0.15, 0.2) is 0 Å². The Kier molecular flexibility index (Phi) is 1.71. The first-order valence-corrected chi connectivity index (χ1v) is 4.09. The molecular formula is C10H11NO2. The first kappa shape index (κ1) is 8.41. The lowest BCUT2D eigenvalue weighted by molar-refractivity contribution is -0.184. The lowest BCUT2D eigenvalue weighted by Gasteiger charge is -2.18. The number of hydrogen-bond acceptors (Lipinski definition) is 3. The van der Waals surface area contributed by atoms with E-state index in [1.165, 1.54) is 7.11 Å². The van der Waals surface area contributed by atoms with Gasteiger partial charge in [-0.2, -0.15) is 0 Å². The average molecular weight is 177 g/mol. The minimum absolute atomic E-state index is 0.709. The van der Waals surface area contributed by atoms with E-state index in [-0.39, 0.29) is 0 Å². The zero-order chi connectivity index (χ0) is 9.47. The molecule has 0 saturated carbocycles. The number of aryl methyl sites for hydroxylation is 1. The van der Waals surface area contributed by atoms with Crippen molar-refractivity contribution in [3.05, 3.63) is 34.9 Å². The fourth-order valence-corrected chi connectivity index (χ4v) is 1.47. The molecule has 0 aliphatic carbocycles. The van der Waals surface area contributed by atoms with Gasteiger partial charge in [-0.15, -0.1) is 0 Å². The van der Waals surface area contributed by atoms with Crippen LogP contribution in [-0.2, 0) is 10.6 Å². The van der Waals surface area contributed by atoms with Gasteiger partial charge < -0.3 is 9.84 Å². The van der Waals surface area contributed by atoms with Crippen LogP contribution in [0.5, 0.6) is 0 Å². The quantitative estimate of drug-likeness (QED) is 0.654. The molecular weight excluding hydrogens is 166 g/mol. The summed E-state index contributed by atoms with van der Waals surface area (Å²) in [6.45, 7) is 2.00. The van der Waals surface area contributed by atoms with Crippen molar-refractivity contribution in [1.29, 1.82) is 0 Å². The highest BCUT2D eigenvalue weighted by atomic mass is 16.6. The maximum atomic E-state index is 9.82. The van der Waals surface area contributed by atoms with Crippen molar-refractivity contribution in [2.45, 2.75) is 12.8 Å². The van der Waals surface area contributed by atoms with Crippen molar-refractivity contribution in [3.8, 4) is 0 Å². The molecule has 2 rings (SSSR count). The second kappa shape index (κ2) is 2.65. The predicted octanol–water partition coefficient (Wildman–Crippen LogP) is 1.18. The molecule has 68 valence electrons. The number of rotatable bonds is 1. The summed E-state index contributed by atoms with van der Waals surface area (Å²) < 4.78 is 4.92. The first-order chi connectivity index (χ1) is 6.15. The number of ether oxygens (including phenoxy) is 1. The second-order valence-corrected chi connectivity index (χ2v) is 3.16. The molecule has 1 heterocycles. The molecule has 0 fully saturated rings. The van der Waals surface area contributed by atoms with E-state index < -0.39 is 5.91 Å². The Morgan fingerprint density at radius 2 is 2.23 bits per heavy atom. The van der Waals surface area contributed by atoms with E-state index in [2.05, 4.69) is 4.99 Å². The number of aliphatic imine (C=N–C) groups is 1. The summed E-state index contributed by atoms with van der Waals surface area (Å²) in [4.78, 5) is 3.90. The smallest absolute Gasteiger partial charge is 0.295 e. The highest BCUT2D eigenvalue weighted by Gasteiger charge is 2.34. The lowest BCUT2D eigenvalue weighted by atomic mass is 10.1. The zero-order valence-electron chi connectivity index (χ0n) is 7.61. The van der Waals surface area contributed by atoms with E-state index in [0.717, 1.165) is 11.1 Å². The van der Waals surface area contributed by atoms with E-state index in [0.29, 0.717) is 5.56 Å². The molecule has 0 bridgehead atoms. The maximum Gasteiger partial charge on any atom is 0.295 e. The molecule has 0 aromatic heterocycles. The van der Waals surface area contributed by atoms with Crippen LogP contribution in [0.2, 0.25) is 0 Å². The molecule has 3 heteroatoms. The number of aliphatic hydroxyl groups is 1.